The molecule has 2 N–H and O–H groups in total. The van der Waals surface area contributed by atoms with Gasteiger partial charge in [-0.1, -0.05) is 13.8 Å². The molecule has 1 atom stereocenters. The molecule has 0 bridgehead atoms. The lowest BCUT2D eigenvalue weighted by Crippen LogP contribution is -2.39. The third-order valence-corrected chi connectivity index (χ3v) is 1.24. The highest BCUT2D eigenvalue weighted by atomic mass is 16.1. The van der Waals surface area contributed by atoms with Gasteiger partial charge in [-0.05, 0) is 13.1 Å². The summed E-state index contributed by atoms with van der Waals surface area (Å²) in [6.07, 6.45) is 0.937. The molecule has 0 aromatic carbocycles. The number of carbonyl (C=O) groups is 1. The number of nitrogens with one attached hydrogen (secondary N) is 2. The van der Waals surface area contributed by atoms with E-state index < -0.39 is 0 Å². The monoisotopic (exact) mass is 144 g/mol. The summed E-state index contributed by atoms with van der Waals surface area (Å²) in [4.78, 5) is 10.3. The number of carbonyl (C=O) groups excluding carboxylic acids is 1. The van der Waals surface area contributed by atoms with Crippen molar-refractivity contribution >= 4 is 6.29 Å². The van der Waals surface area contributed by atoms with E-state index in [0.717, 1.165) is 25.9 Å². The summed E-state index contributed by atoms with van der Waals surface area (Å²) in [5.41, 5.74) is 0. The second-order valence-electron chi connectivity index (χ2n) is 2.11. The van der Waals surface area contributed by atoms with Crippen LogP contribution < -0.4 is 10.6 Å². The summed E-state index contributed by atoms with van der Waals surface area (Å²) in [6, 6.07) is -0.0232. The van der Waals surface area contributed by atoms with Crippen molar-refractivity contribution in [1.82, 2.24) is 10.6 Å². The van der Waals surface area contributed by atoms with E-state index in [9.17, 15) is 4.79 Å². The van der Waals surface area contributed by atoms with E-state index in [4.69, 9.17) is 0 Å². The van der Waals surface area contributed by atoms with Crippen LogP contribution in [0.1, 0.15) is 13.8 Å². The molecule has 3 heteroatoms. The Morgan fingerprint density at radius 2 is 2.10 bits per heavy atom. The third-order valence-electron chi connectivity index (χ3n) is 1.24. The molecule has 0 amide bonds. The summed E-state index contributed by atoms with van der Waals surface area (Å²) in [6.45, 7) is 6.49. The van der Waals surface area contributed by atoms with Crippen LogP contribution in [0.2, 0.25) is 0 Å². The molecule has 0 saturated carbocycles. The molecular formula is C7H16N2O. The van der Waals surface area contributed by atoms with Gasteiger partial charge >= 0.3 is 0 Å². The predicted molar refractivity (Wildman–Crippen MR) is 42.1 cm³/mol. The molecule has 1 unspecified atom stereocenters. The summed E-state index contributed by atoms with van der Waals surface area (Å²) in [5, 5.41) is 6.13. The number of hydrogen-bond acceptors (Lipinski definition) is 3. The van der Waals surface area contributed by atoms with Crippen molar-refractivity contribution in [3.8, 4) is 0 Å². The van der Waals surface area contributed by atoms with Crippen molar-refractivity contribution in [2.45, 2.75) is 19.9 Å². The van der Waals surface area contributed by atoms with Gasteiger partial charge in [-0.3, -0.25) is 0 Å². The number of aldehydes is 1. The molecule has 0 rings (SSSR count). The molecule has 0 fully saturated rings. The molecule has 3 nitrogen and oxygen atoms in total. The van der Waals surface area contributed by atoms with Gasteiger partial charge in [0.2, 0.25) is 0 Å². The maximum atomic E-state index is 10.3. The first-order valence-electron chi connectivity index (χ1n) is 3.74. The molecule has 0 aliphatic rings. The second-order valence-corrected chi connectivity index (χ2v) is 2.11. The molecule has 0 aliphatic carbocycles. The average Bonchev–Trinajstić information content (AvgIpc) is 1.98. The minimum atomic E-state index is -0.0232. The highest BCUT2D eigenvalue weighted by Crippen LogP contribution is 1.73. The molecule has 0 aromatic rings. The van der Waals surface area contributed by atoms with E-state index in [1.54, 1.807) is 0 Å². The first-order chi connectivity index (χ1) is 4.85. The zero-order chi connectivity index (χ0) is 7.82. The lowest BCUT2D eigenvalue weighted by atomic mass is 10.3. The number of likely N-dealkylation sites (N-methyl/N-ethyl adjacent to an activating group) is 2. The lowest BCUT2D eigenvalue weighted by molar-refractivity contribution is -0.109. The first kappa shape index (κ1) is 9.59. The van der Waals surface area contributed by atoms with E-state index in [1.165, 1.54) is 0 Å². The van der Waals surface area contributed by atoms with Crippen molar-refractivity contribution in [3.05, 3.63) is 0 Å². The Bertz CT molecular complexity index is 85.7. The van der Waals surface area contributed by atoms with Crippen LogP contribution in [0.4, 0.5) is 0 Å². The second kappa shape index (κ2) is 6.71. The largest absolute Gasteiger partial charge is 0.315 e. The Labute approximate surface area is 62.2 Å². The SMILES string of the molecule is CCNCC(C=O)NCC. The maximum absolute atomic E-state index is 10.3. The minimum absolute atomic E-state index is 0.0232. The van der Waals surface area contributed by atoms with E-state index in [0.29, 0.717) is 0 Å². The Hall–Kier alpha value is -0.410. The van der Waals surface area contributed by atoms with Gasteiger partial charge in [-0.2, -0.15) is 0 Å². The van der Waals surface area contributed by atoms with Crippen molar-refractivity contribution < 1.29 is 4.79 Å². The fourth-order valence-electron chi connectivity index (χ4n) is 0.730. The summed E-state index contributed by atoms with van der Waals surface area (Å²) in [7, 11) is 0. The van der Waals surface area contributed by atoms with Gasteiger partial charge in [0.25, 0.3) is 0 Å². The van der Waals surface area contributed by atoms with Gasteiger partial charge < -0.3 is 15.4 Å². The summed E-state index contributed by atoms with van der Waals surface area (Å²) < 4.78 is 0. The lowest BCUT2D eigenvalue weighted by Gasteiger charge is -2.10. The van der Waals surface area contributed by atoms with Crippen LogP contribution in [0.15, 0.2) is 0 Å². The molecule has 0 aromatic heterocycles. The maximum Gasteiger partial charge on any atom is 0.138 e. The Balaban J connectivity index is 3.29. The minimum Gasteiger partial charge on any atom is -0.315 e. The zero-order valence-corrected chi connectivity index (χ0v) is 6.68. The van der Waals surface area contributed by atoms with Gasteiger partial charge in [-0.25, -0.2) is 0 Å². The van der Waals surface area contributed by atoms with E-state index in [1.807, 2.05) is 13.8 Å². The molecule has 60 valence electrons. The van der Waals surface area contributed by atoms with Crippen LogP contribution in [0, 0.1) is 0 Å². The smallest absolute Gasteiger partial charge is 0.138 e. The van der Waals surface area contributed by atoms with Crippen molar-refractivity contribution in [2.24, 2.45) is 0 Å². The van der Waals surface area contributed by atoms with Crippen LogP contribution >= 0.6 is 0 Å². The topological polar surface area (TPSA) is 41.1 Å². The van der Waals surface area contributed by atoms with Crippen LogP contribution in [-0.2, 0) is 4.79 Å². The van der Waals surface area contributed by atoms with Crippen LogP contribution in [-0.4, -0.2) is 32.0 Å². The van der Waals surface area contributed by atoms with E-state index in [-0.39, 0.29) is 6.04 Å². The van der Waals surface area contributed by atoms with Crippen LogP contribution in [0.3, 0.4) is 0 Å². The summed E-state index contributed by atoms with van der Waals surface area (Å²) >= 11 is 0. The predicted octanol–water partition coefficient (Wildman–Crippen LogP) is -0.227. The first-order valence-corrected chi connectivity index (χ1v) is 3.74. The quantitative estimate of drug-likeness (QED) is 0.506. The van der Waals surface area contributed by atoms with Crippen molar-refractivity contribution in [3.63, 3.8) is 0 Å². The molecule has 0 saturated heterocycles. The standard InChI is InChI=1S/C7H16N2O/c1-3-8-5-7(6-10)9-4-2/h6-9H,3-5H2,1-2H3. The van der Waals surface area contributed by atoms with E-state index >= 15 is 0 Å². The highest BCUT2D eigenvalue weighted by Gasteiger charge is 2.01. The van der Waals surface area contributed by atoms with Gasteiger partial charge in [0.15, 0.2) is 0 Å². The average molecular weight is 144 g/mol. The fraction of sp³-hybridized carbons (Fsp3) is 0.857. The van der Waals surface area contributed by atoms with E-state index in [2.05, 4.69) is 10.6 Å². The molecule has 0 radical (unpaired) electrons. The molecule has 0 heterocycles. The number of rotatable bonds is 6. The Kier molecular flexibility index (Phi) is 6.43. The summed E-state index contributed by atoms with van der Waals surface area (Å²) in [5.74, 6) is 0. The number of hydrogen-bond donors (Lipinski definition) is 2. The Morgan fingerprint density at radius 3 is 2.50 bits per heavy atom. The van der Waals surface area contributed by atoms with Crippen LogP contribution in [0.25, 0.3) is 0 Å². The van der Waals surface area contributed by atoms with Crippen LogP contribution in [0.5, 0.6) is 0 Å². The van der Waals surface area contributed by atoms with Gasteiger partial charge in [-0.15, -0.1) is 0 Å². The van der Waals surface area contributed by atoms with Gasteiger partial charge in [0, 0.05) is 6.54 Å². The molecule has 0 aliphatic heterocycles. The third kappa shape index (κ3) is 4.47. The molecule has 10 heavy (non-hydrogen) atoms. The normalized spacial score (nSPS) is 13.0. The fourth-order valence-corrected chi connectivity index (χ4v) is 0.730. The van der Waals surface area contributed by atoms with Gasteiger partial charge in [0.1, 0.15) is 6.29 Å². The van der Waals surface area contributed by atoms with Gasteiger partial charge in [0.05, 0.1) is 6.04 Å². The molecular weight excluding hydrogens is 128 g/mol. The van der Waals surface area contributed by atoms with Crippen molar-refractivity contribution in [2.75, 3.05) is 19.6 Å². The van der Waals surface area contributed by atoms with Crippen molar-refractivity contribution in [1.29, 1.82) is 0 Å². The highest BCUT2D eigenvalue weighted by molar-refractivity contribution is 5.57. The Morgan fingerprint density at radius 1 is 1.40 bits per heavy atom. The zero-order valence-electron chi connectivity index (χ0n) is 6.68. The molecule has 0 spiro atoms.